The van der Waals surface area contributed by atoms with Crippen molar-refractivity contribution in [2.45, 2.75) is 19.4 Å². The zero-order valence-electron chi connectivity index (χ0n) is 9.24. The molecule has 2 aromatic heterocycles. The maximum absolute atomic E-state index is 11.8. The first-order chi connectivity index (χ1) is 7.46. The summed E-state index contributed by atoms with van der Waals surface area (Å²) in [7, 11) is 0. The van der Waals surface area contributed by atoms with Crippen molar-refractivity contribution >= 4 is 38.0 Å². The SMILES string of the molecule is CC(C)(N)CNC(=O)c1cc2sccc2s1. The summed E-state index contributed by atoms with van der Waals surface area (Å²) in [5, 5.41) is 4.87. The topological polar surface area (TPSA) is 55.1 Å². The van der Waals surface area contributed by atoms with Crippen molar-refractivity contribution in [1.82, 2.24) is 5.32 Å². The van der Waals surface area contributed by atoms with E-state index in [1.165, 1.54) is 20.7 Å². The maximum Gasteiger partial charge on any atom is 0.261 e. The average Bonchev–Trinajstić information content (AvgIpc) is 2.71. The smallest absolute Gasteiger partial charge is 0.261 e. The second-order valence-electron chi connectivity index (χ2n) is 4.43. The van der Waals surface area contributed by atoms with Gasteiger partial charge in [0.2, 0.25) is 0 Å². The molecule has 16 heavy (non-hydrogen) atoms. The van der Waals surface area contributed by atoms with Crippen molar-refractivity contribution in [2.24, 2.45) is 5.73 Å². The predicted molar refractivity (Wildman–Crippen MR) is 70.3 cm³/mol. The quantitative estimate of drug-likeness (QED) is 0.884. The lowest BCUT2D eigenvalue weighted by atomic mass is 10.1. The van der Waals surface area contributed by atoms with Gasteiger partial charge in [0.15, 0.2) is 0 Å². The van der Waals surface area contributed by atoms with Gasteiger partial charge in [-0.3, -0.25) is 4.79 Å². The molecule has 0 saturated heterocycles. The highest BCUT2D eigenvalue weighted by Crippen LogP contribution is 2.29. The lowest BCUT2D eigenvalue weighted by Crippen LogP contribution is -2.44. The number of carbonyl (C=O) groups excluding carboxylic acids is 1. The Labute approximate surface area is 102 Å². The normalized spacial score (nSPS) is 11.9. The summed E-state index contributed by atoms with van der Waals surface area (Å²) >= 11 is 3.18. The molecule has 0 spiro atoms. The minimum absolute atomic E-state index is 0.0353. The lowest BCUT2D eigenvalue weighted by molar-refractivity contribution is 0.0950. The summed E-state index contributed by atoms with van der Waals surface area (Å²) in [5.74, 6) is -0.0353. The molecule has 86 valence electrons. The van der Waals surface area contributed by atoms with E-state index in [1.807, 2.05) is 31.4 Å². The van der Waals surface area contributed by atoms with Crippen LogP contribution in [0.1, 0.15) is 23.5 Å². The molecule has 2 heterocycles. The number of carbonyl (C=O) groups is 1. The van der Waals surface area contributed by atoms with Crippen LogP contribution in [0.4, 0.5) is 0 Å². The fourth-order valence-electron chi connectivity index (χ4n) is 1.27. The second-order valence-corrected chi connectivity index (χ2v) is 6.46. The average molecular weight is 254 g/mol. The Balaban J connectivity index is 2.08. The Bertz CT molecular complexity index is 479. The van der Waals surface area contributed by atoms with Gasteiger partial charge in [-0.1, -0.05) is 0 Å². The van der Waals surface area contributed by atoms with E-state index < -0.39 is 0 Å². The maximum atomic E-state index is 11.8. The van der Waals surface area contributed by atoms with Gasteiger partial charge in [0.1, 0.15) is 0 Å². The van der Waals surface area contributed by atoms with Gasteiger partial charge in [0.05, 0.1) is 4.88 Å². The molecule has 0 fully saturated rings. The van der Waals surface area contributed by atoms with Gasteiger partial charge < -0.3 is 11.1 Å². The summed E-state index contributed by atoms with van der Waals surface area (Å²) in [4.78, 5) is 12.6. The van der Waals surface area contributed by atoms with Gasteiger partial charge in [0.25, 0.3) is 5.91 Å². The predicted octanol–water partition coefficient (Wildman–Crippen LogP) is 2.43. The molecule has 0 unspecified atom stereocenters. The Morgan fingerprint density at radius 1 is 1.50 bits per heavy atom. The third-order valence-electron chi connectivity index (χ3n) is 2.07. The summed E-state index contributed by atoms with van der Waals surface area (Å²) in [6, 6.07) is 3.97. The molecule has 3 nitrogen and oxygen atoms in total. The van der Waals surface area contributed by atoms with Gasteiger partial charge in [0, 0.05) is 21.5 Å². The van der Waals surface area contributed by atoms with Crippen LogP contribution in [-0.4, -0.2) is 18.0 Å². The van der Waals surface area contributed by atoms with E-state index in [0.29, 0.717) is 6.54 Å². The monoisotopic (exact) mass is 254 g/mol. The molecule has 1 amide bonds. The van der Waals surface area contributed by atoms with Crippen molar-refractivity contribution in [3.63, 3.8) is 0 Å². The number of amides is 1. The highest BCUT2D eigenvalue weighted by Gasteiger charge is 2.15. The molecule has 5 heteroatoms. The molecule has 0 saturated carbocycles. The number of thiophene rings is 2. The van der Waals surface area contributed by atoms with E-state index in [2.05, 4.69) is 5.32 Å². The number of fused-ring (bicyclic) bond motifs is 1. The van der Waals surface area contributed by atoms with Gasteiger partial charge in [-0.2, -0.15) is 0 Å². The van der Waals surface area contributed by atoms with Gasteiger partial charge in [-0.25, -0.2) is 0 Å². The van der Waals surface area contributed by atoms with Crippen molar-refractivity contribution < 1.29 is 4.79 Å². The van der Waals surface area contributed by atoms with Crippen molar-refractivity contribution in [3.05, 3.63) is 22.4 Å². The van der Waals surface area contributed by atoms with Crippen LogP contribution in [0.3, 0.4) is 0 Å². The number of nitrogens with two attached hydrogens (primary N) is 1. The van der Waals surface area contributed by atoms with Crippen LogP contribution in [0.2, 0.25) is 0 Å². The van der Waals surface area contributed by atoms with Crippen molar-refractivity contribution in [1.29, 1.82) is 0 Å². The van der Waals surface area contributed by atoms with Crippen LogP contribution in [0.5, 0.6) is 0 Å². The third-order valence-corrected chi connectivity index (χ3v) is 4.16. The molecule has 3 N–H and O–H groups in total. The van der Waals surface area contributed by atoms with Crippen molar-refractivity contribution in [2.75, 3.05) is 6.54 Å². The summed E-state index contributed by atoms with van der Waals surface area (Å²) in [6.07, 6.45) is 0. The Kier molecular flexibility index (Phi) is 3.01. The number of hydrogen-bond donors (Lipinski definition) is 2. The van der Waals surface area contributed by atoms with E-state index in [-0.39, 0.29) is 11.4 Å². The van der Waals surface area contributed by atoms with Crippen molar-refractivity contribution in [3.8, 4) is 0 Å². The molecule has 0 radical (unpaired) electrons. The zero-order chi connectivity index (χ0) is 11.8. The van der Waals surface area contributed by atoms with E-state index in [1.54, 1.807) is 11.3 Å². The molecule has 2 aromatic rings. The molecule has 0 aliphatic carbocycles. The Morgan fingerprint density at radius 2 is 2.25 bits per heavy atom. The standard InChI is InChI=1S/C11H14N2OS2/c1-11(2,12)6-13-10(14)9-5-8-7(16-9)3-4-15-8/h3-5H,6,12H2,1-2H3,(H,13,14). The Morgan fingerprint density at radius 3 is 2.88 bits per heavy atom. The molecule has 0 aromatic carbocycles. The van der Waals surface area contributed by atoms with E-state index in [4.69, 9.17) is 5.73 Å². The lowest BCUT2D eigenvalue weighted by Gasteiger charge is -2.18. The van der Waals surface area contributed by atoms with Gasteiger partial charge in [-0.05, 0) is 31.4 Å². The van der Waals surface area contributed by atoms with E-state index >= 15 is 0 Å². The molecular weight excluding hydrogens is 240 g/mol. The van der Waals surface area contributed by atoms with Crippen LogP contribution in [0.25, 0.3) is 9.40 Å². The first-order valence-corrected chi connectivity index (χ1v) is 6.69. The highest BCUT2D eigenvalue weighted by atomic mass is 32.1. The fourth-order valence-corrected chi connectivity index (χ4v) is 3.30. The third kappa shape index (κ3) is 2.61. The number of hydrogen-bond acceptors (Lipinski definition) is 4. The minimum atomic E-state index is -0.371. The van der Waals surface area contributed by atoms with E-state index in [0.717, 1.165) is 4.88 Å². The largest absolute Gasteiger partial charge is 0.350 e. The first-order valence-electron chi connectivity index (χ1n) is 5.00. The first kappa shape index (κ1) is 11.6. The minimum Gasteiger partial charge on any atom is -0.350 e. The summed E-state index contributed by atoms with van der Waals surface area (Å²) < 4.78 is 2.34. The van der Waals surface area contributed by atoms with Crippen LogP contribution >= 0.6 is 22.7 Å². The number of nitrogens with one attached hydrogen (secondary N) is 1. The van der Waals surface area contributed by atoms with E-state index in [9.17, 15) is 4.79 Å². The molecule has 0 bridgehead atoms. The van der Waals surface area contributed by atoms with Gasteiger partial charge >= 0.3 is 0 Å². The second kappa shape index (κ2) is 4.16. The molecule has 2 rings (SSSR count). The summed E-state index contributed by atoms with van der Waals surface area (Å²) in [6.45, 7) is 4.26. The molecular formula is C11H14N2OS2. The van der Waals surface area contributed by atoms with Crippen LogP contribution in [-0.2, 0) is 0 Å². The highest BCUT2D eigenvalue weighted by molar-refractivity contribution is 7.27. The van der Waals surface area contributed by atoms with Crippen LogP contribution in [0, 0.1) is 0 Å². The molecule has 0 atom stereocenters. The zero-order valence-corrected chi connectivity index (χ0v) is 10.9. The molecule has 0 aliphatic heterocycles. The number of rotatable bonds is 3. The van der Waals surface area contributed by atoms with Crippen LogP contribution in [0.15, 0.2) is 17.5 Å². The van der Waals surface area contributed by atoms with Gasteiger partial charge in [-0.15, -0.1) is 22.7 Å². The summed E-state index contributed by atoms with van der Waals surface area (Å²) in [5.41, 5.74) is 5.44. The fraction of sp³-hybridized carbons (Fsp3) is 0.364. The molecule has 0 aliphatic rings. The Hall–Kier alpha value is -0.910. The van der Waals surface area contributed by atoms with Crippen LogP contribution < -0.4 is 11.1 Å².